The molecule has 1 aromatic heterocycles. The first-order chi connectivity index (χ1) is 10.1. The molecule has 1 heterocycles. The fraction of sp³-hybridized carbons (Fsp3) is 0.0625. The maximum absolute atomic E-state index is 13.2. The van der Waals surface area contributed by atoms with Crippen LogP contribution in [0.5, 0.6) is 0 Å². The van der Waals surface area contributed by atoms with Gasteiger partial charge in [-0.25, -0.2) is 8.96 Å². The minimum Gasteiger partial charge on any atom is -0.258 e. The summed E-state index contributed by atoms with van der Waals surface area (Å²) in [6, 6.07) is 13.1. The summed E-state index contributed by atoms with van der Waals surface area (Å²) in [6.07, 6.45) is 3.59. The molecule has 0 unspecified atom stereocenters. The Kier molecular flexibility index (Phi) is 3.31. The van der Waals surface area contributed by atoms with E-state index in [-0.39, 0.29) is 16.4 Å². The molecule has 0 spiro atoms. The number of aromatic nitrogens is 1. The quantitative estimate of drug-likeness (QED) is 0.421. The van der Waals surface area contributed by atoms with Crippen LogP contribution in [0.1, 0.15) is 5.56 Å². The minimum atomic E-state index is -0.390. The maximum Gasteiger partial charge on any atom is 0.277 e. The predicted octanol–water partition coefficient (Wildman–Crippen LogP) is 3.22. The number of hydrogen-bond donors (Lipinski definition) is 0. The van der Waals surface area contributed by atoms with Crippen molar-refractivity contribution in [3.05, 3.63) is 82.4 Å². The highest BCUT2D eigenvalue weighted by Crippen LogP contribution is 2.23. The van der Waals surface area contributed by atoms with Gasteiger partial charge < -0.3 is 0 Å². The Labute approximate surface area is 120 Å². The van der Waals surface area contributed by atoms with E-state index < -0.39 is 0 Å². The summed E-state index contributed by atoms with van der Waals surface area (Å²) >= 11 is 0. The van der Waals surface area contributed by atoms with E-state index >= 15 is 0 Å². The van der Waals surface area contributed by atoms with Crippen molar-refractivity contribution in [1.29, 1.82) is 0 Å². The zero-order valence-corrected chi connectivity index (χ0v) is 11.1. The number of benzene rings is 2. The third-order valence-corrected chi connectivity index (χ3v) is 3.31. The first-order valence-corrected chi connectivity index (χ1v) is 6.44. The zero-order chi connectivity index (χ0) is 14.8. The van der Waals surface area contributed by atoms with Crippen LogP contribution in [0.2, 0.25) is 0 Å². The van der Waals surface area contributed by atoms with Crippen molar-refractivity contribution in [1.82, 2.24) is 0 Å². The smallest absolute Gasteiger partial charge is 0.258 e. The Morgan fingerprint density at radius 3 is 2.71 bits per heavy atom. The average molecular weight is 283 g/mol. The summed E-state index contributed by atoms with van der Waals surface area (Å²) in [4.78, 5) is 10.6. The number of hydrogen-bond acceptors (Lipinski definition) is 2. The number of halogens is 1. The van der Waals surface area contributed by atoms with Gasteiger partial charge in [-0.3, -0.25) is 10.1 Å². The average Bonchev–Trinajstić information content (AvgIpc) is 2.46. The SMILES string of the molecule is O=[N+]([O-])c1cccc2c[n+](Cc3cccc(F)c3)ccc12. The fourth-order valence-corrected chi connectivity index (χ4v) is 2.36. The largest absolute Gasteiger partial charge is 0.277 e. The van der Waals surface area contributed by atoms with Gasteiger partial charge in [-0.15, -0.1) is 0 Å². The molecule has 0 saturated heterocycles. The Morgan fingerprint density at radius 2 is 1.95 bits per heavy atom. The van der Waals surface area contributed by atoms with Gasteiger partial charge >= 0.3 is 0 Å². The summed E-state index contributed by atoms with van der Waals surface area (Å²) in [5, 5.41) is 12.4. The Bertz CT molecular complexity index is 833. The fourth-order valence-electron chi connectivity index (χ4n) is 2.36. The molecule has 0 aliphatic rings. The number of fused-ring (bicyclic) bond motifs is 1. The molecule has 0 aliphatic carbocycles. The van der Waals surface area contributed by atoms with Crippen LogP contribution in [0.25, 0.3) is 10.8 Å². The molecule has 0 amide bonds. The molecule has 2 aromatic carbocycles. The third-order valence-electron chi connectivity index (χ3n) is 3.31. The van der Waals surface area contributed by atoms with Gasteiger partial charge in [0.1, 0.15) is 5.82 Å². The van der Waals surface area contributed by atoms with Crippen LogP contribution in [0.15, 0.2) is 60.9 Å². The Morgan fingerprint density at radius 1 is 1.14 bits per heavy atom. The molecular formula is C16H12FN2O2+. The lowest BCUT2D eigenvalue weighted by Crippen LogP contribution is -2.33. The predicted molar refractivity (Wildman–Crippen MR) is 76.3 cm³/mol. The van der Waals surface area contributed by atoms with Gasteiger partial charge in [-0.1, -0.05) is 18.2 Å². The van der Waals surface area contributed by atoms with Crippen LogP contribution >= 0.6 is 0 Å². The van der Waals surface area contributed by atoms with Crippen LogP contribution in [0, 0.1) is 15.9 Å². The second-order valence-corrected chi connectivity index (χ2v) is 4.78. The molecule has 0 N–H and O–H groups in total. The summed E-state index contributed by atoms with van der Waals surface area (Å²) in [5.41, 5.74) is 0.926. The van der Waals surface area contributed by atoms with E-state index in [1.54, 1.807) is 24.4 Å². The molecule has 0 bridgehead atoms. The molecule has 104 valence electrons. The van der Waals surface area contributed by atoms with Gasteiger partial charge in [0.25, 0.3) is 5.69 Å². The van der Waals surface area contributed by atoms with Crippen molar-refractivity contribution < 1.29 is 13.9 Å². The molecule has 0 saturated carbocycles. The van der Waals surface area contributed by atoms with Gasteiger partial charge in [-0.05, 0) is 18.2 Å². The summed E-state index contributed by atoms with van der Waals surface area (Å²) in [5.74, 6) is -0.274. The summed E-state index contributed by atoms with van der Waals surface area (Å²) < 4.78 is 15.1. The number of pyridine rings is 1. The van der Waals surface area contributed by atoms with Crippen LogP contribution in [-0.2, 0) is 6.54 Å². The second-order valence-electron chi connectivity index (χ2n) is 4.78. The van der Waals surface area contributed by atoms with Crippen molar-refractivity contribution in [3.63, 3.8) is 0 Å². The van der Waals surface area contributed by atoms with Crippen molar-refractivity contribution in [2.75, 3.05) is 0 Å². The summed E-state index contributed by atoms with van der Waals surface area (Å²) in [7, 11) is 0. The minimum absolute atomic E-state index is 0.0883. The van der Waals surface area contributed by atoms with Gasteiger partial charge in [0.15, 0.2) is 18.9 Å². The number of nitro groups is 1. The molecule has 0 aliphatic heterocycles. The van der Waals surface area contributed by atoms with Crippen molar-refractivity contribution in [3.8, 4) is 0 Å². The van der Waals surface area contributed by atoms with E-state index in [1.165, 1.54) is 18.2 Å². The molecule has 3 rings (SSSR count). The lowest BCUT2D eigenvalue weighted by Gasteiger charge is -2.01. The number of nitrogens with zero attached hydrogens (tertiary/aromatic N) is 2. The van der Waals surface area contributed by atoms with E-state index in [0.29, 0.717) is 11.9 Å². The first kappa shape index (κ1) is 13.2. The van der Waals surface area contributed by atoms with Crippen LogP contribution in [0.3, 0.4) is 0 Å². The monoisotopic (exact) mass is 283 g/mol. The van der Waals surface area contributed by atoms with Crippen molar-refractivity contribution >= 4 is 16.5 Å². The second kappa shape index (κ2) is 5.28. The van der Waals surface area contributed by atoms with Gasteiger partial charge in [0.05, 0.1) is 15.7 Å². The molecule has 0 fully saturated rings. The molecule has 21 heavy (non-hydrogen) atoms. The first-order valence-electron chi connectivity index (χ1n) is 6.44. The molecule has 0 atom stereocenters. The standard InChI is InChI=1S/C16H12FN2O2/c17-14-5-1-3-12(9-14)10-18-8-7-15-13(11-18)4-2-6-16(15)19(20)21/h1-9,11H,10H2/q+1. The number of rotatable bonds is 3. The van der Waals surface area contributed by atoms with E-state index in [9.17, 15) is 14.5 Å². The molecular weight excluding hydrogens is 271 g/mol. The van der Waals surface area contributed by atoms with E-state index in [0.717, 1.165) is 10.9 Å². The Balaban J connectivity index is 2.00. The van der Waals surface area contributed by atoms with E-state index in [2.05, 4.69) is 0 Å². The highest BCUT2D eigenvalue weighted by Gasteiger charge is 2.14. The maximum atomic E-state index is 13.2. The lowest BCUT2D eigenvalue weighted by molar-refractivity contribution is -0.687. The molecule has 3 aromatic rings. The van der Waals surface area contributed by atoms with Gasteiger partial charge in [-0.2, -0.15) is 0 Å². The molecule has 0 radical (unpaired) electrons. The number of nitro benzene ring substituents is 1. The lowest BCUT2D eigenvalue weighted by atomic mass is 10.1. The number of non-ortho nitro benzene ring substituents is 1. The van der Waals surface area contributed by atoms with Crippen LogP contribution < -0.4 is 4.57 Å². The molecule has 5 heteroatoms. The normalized spacial score (nSPS) is 10.7. The summed E-state index contributed by atoms with van der Waals surface area (Å²) in [6.45, 7) is 0.510. The van der Waals surface area contributed by atoms with Crippen molar-refractivity contribution in [2.24, 2.45) is 0 Å². The van der Waals surface area contributed by atoms with Crippen LogP contribution in [-0.4, -0.2) is 4.92 Å². The van der Waals surface area contributed by atoms with Crippen LogP contribution in [0.4, 0.5) is 10.1 Å². The van der Waals surface area contributed by atoms with Crippen molar-refractivity contribution in [2.45, 2.75) is 6.54 Å². The topological polar surface area (TPSA) is 47.0 Å². The third kappa shape index (κ3) is 2.72. The van der Waals surface area contributed by atoms with Gasteiger partial charge in [0.2, 0.25) is 0 Å². The van der Waals surface area contributed by atoms with E-state index in [1.807, 2.05) is 22.9 Å². The highest BCUT2D eigenvalue weighted by atomic mass is 19.1. The van der Waals surface area contributed by atoms with E-state index in [4.69, 9.17) is 0 Å². The Hall–Kier alpha value is -2.82. The molecule has 4 nitrogen and oxygen atoms in total. The highest BCUT2D eigenvalue weighted by molar-refractivity contribution is 5.89. The van der Waals surface area contributed by atoms with Gasteiger partial charge in [0, 0.05) is 17.7 Å². The zero-order valence-electron chi connectivity index (χ0n) is 11.1.